The normalized spacial score (nSPS) is 11.8. The summed E-state index contributed by atoms with van der Waals surface area (Å²) in [6, 6.07) is 1.98. The number of rotatable bonds is 8. The van der Waals surface area contributed by atoms with Crippen molar-refractivity contribution in [3.63, 3.8) is 0 Å². The first kappa shape index (κ1) is 17.9. The topological polar surface area (TPSA) is 41.8 Å². The van der Waals surface area contributed by atoms with Gasteiger partial charge in [0.05, 0.1) is 11.6 Å². The highest BCUT2D eigenvalue weighted by Crippen LogP contribution is 2.14. The molecule has 120 valence electrons. The van der Waals surface area contributed by atoms with Crippen LogP contribution in [0.1, 0.15) is 26.0 Å². The lowest BCUT2D eigenvalue weighted by atomic mass is 10.4. The van der Waals surface area contributed by atoms with Crippen LogP contribution in [0.3, 0.4) is 0 Å². The number of nitrogens with zero attached hydrogens (tertiary/aromatic N) is 3. The molecule has 0 bridgehead atoms. The Morgan fingerprint density at radius 3 is 2.81 bits per heavy atom. The highest BCUT2D eigenvalue weighted by Gasteiger charge is 2.09. The van der Waals surface area contributed by atoms with E-state index in [1.807, 2.05) is 37.8 Å². The first-order valence-corrected chi connectivity index (χ1v) is 7.84. The molecule has 0 radical (unpaired) electrons. The third kappa shape index (κ3) is 6.40. The van der Waals surface area contributed by atoms with Crippen LogP contribution in [-0.2, 0) is 18.3 Å². The minimum absolute atomic E-state index is 0.760. The maximum Gasteiger partial charge on any atom is 0.194 e. The minimum atomic E-state index is 0.760. The average Bonchev–Trinajstić information content (AvgIpc) is 2.75. The van der Waals surface area contributed by atoms with Crippen LogP contribution in [0.15, 0.2) is 17.3 Å². The lowest BCUT2D eigenvalue weighted by molar-refractivity contribution is 0.146. The van der Waals surface area contributed by atoms with Crippen molar-refractivity contribution in [1.29, 1.82) is 0 Å². The van der Waals surface area contributed by atoms with Crippen molar-refractivity contribution >= 4 is 17.6 Å². The Hall–Kier alpha value is -1.20. The molecule has 5 nitrogen and oxygen atoms in total. The van der Waals surface area contributed by atoms with Crippen molar-refractivity contribution in [2.45, 2.75) is 26.8 Å². The molecule has 1 aromatic heterocycles. The molecule has 0 unspecified atom stereocenters. The van der Waals surface area contributed by atoms with Crippen LogP contribution in [0.25, 0.3) is 0 Å². The summed E-state index contributed by atoms with van der Waals surface area (Å²) in [5.74, 6) is 0.909. The van der Waals surface area contributed by atoms with E-state index < -0.39 is 0 Å². The van der Waals surface area contributed by atoms with Crippen molar-refractivity contribution in [2.75, 3.05) is 33.4 Å². The third-order valence-electron chi connectivity index (χ3n) is 3.08. The van der Waals surface area contributed by atoms with Gasteiger partial charge in [0.25, 0.3) is 0 Å². The van der Waals surface area contributed by atoms with E-state index in [0.29, 0.717) is 0 Å². The largest absolute Gasteiger partial charge is 0.382 e. The Morgan fingerprint density at radius 1 is 1.48 bits per heavy atom. The van der Waals surface area contributed by atoms with Gasteiger partial charge in [0.1, 0.15) is 0 Å². The Bertz CT molecular complexity index is 445. The van der Waals surface area contributed by atoms with E-state index in [2.05, 4.69) is 22.1 Å². The van der Waals surface area contributed by atoms with E-state index in [4.69, 9.17) is 16.3 Å². The molecule has 0 saturated heterocycles. The quantitative estimate of drug-likeness (QED) is 0.455. The summed E-state index contributed by atoms with van der Waals surface area (Å²) in [5.41, 5.74) is 1.16. The lowest BCUT2D eigenvalue weighted by Crippen LogP contribution is -2.39. The number of guanidine groups is 1. The minimum Gasteiger partial charge on any atom is -0.382 e. The van der Waals surface area contributed by atoms with Crippen LogP contribution in [-0.4, -0.2) is 48.8 Å². The van der Waals surface area contributed by atoms with Crippen molar-refractivity contribution in [1.82, 2.24) is 14.8 Å². The third-order valence-corrected chi connectivity index (χ3v) is 3.29. The van der Waals surface area contributed by atoms with Crippen LogP contribution in [0, 0.1) is 0 Å². The van der Waals surface area contributed by atoms with Gasteiger partial charge in [-0.1, -0.05) is 11.6 Å². The molecular formula is C15H27ClN4O. The Balaban J connectivity index is 2.57. The van der Waals surface area contributed by atoms with Gasteiger partial charge in [0.15, 0.2) is 5.96 Å². The Labute approximate surface area is 132 Å². The molecule has 0 amide bonds. The SMILES string of the molecule is CCNC(=NCCCOCC)N(C)Cc1cc(Cl)cn1C. The number of nitrogens with one attached hydrogen (secondary N) is 1. The molecule has 0 aromatic carbocycles. The van der Waals surface area contributed by atoms with Crippen LogP contribution in [0.4, 0.5) is 0 Å². The molecule has 6 heteroatoms. The predicted molar refractivity (Wildman–Crippen MR) is 89.0 cm³/mol. The summed E-state index contributed by atoms with van der Waals surface area (Å²) in [5, 5.41) is 4.08. The zero-order valence-corrected chi connectivity index (χ0v) is 14.3. The van der Waals surface area contributed by atoms with Gasteiger partial charge in [0.2, 0.25) is 0 Å². The van der Waals surface area contributed by atoms with E-state index in [1.165, 1.54) is 0 Å². The molecule has 0 aliphatic carbocycles. The zero-order chi connectivity index (χ0) is 15.7. The number of hydrogen-bond donors (Lipinski definition) is 1. The summed E-state index contributed by atoms with van der Waals surface area (Å²) in [6.07, 6.45) is 2.85. The molecule has 0 atom stereocenters. The summed E-state index contributed by atoms with van der Waals surface area (Å²) >= 11 is 6.02. The fourth-order valence-corrected chi connectivity index (χ4v) is 2.28. The summed E-state index contributed by atoms with van der Waals surface area (Å²) in [7, 11) is 4.03. The molecule has 0 fully saturated rings. The van der Waals surface area contributed by atoms with E-state index in [9.17, 15) is 0 Å². The molecule has 1 aromatic rings. The molecular weight excluding hydrogens is 288 g/mol. The fraction of sp³-hybridized carbons (Fsp3) is 0.667. The molecule has 0 spiro atoms. The van der Waals surface area contributed by atoms with Crippen molar-refractivity contribution < 1.29 is 4.74 Å². The number of aliphatic imine (C=N–C) groups is 1. The van der Waals surface area contributed by atoms with Crippen molar-refractivity contribution in [2.24, 2.45) is 12.0 Å². The van der Waals surface area contributed by atoms with Gasteiger partial charge in [-0.25, -0.2) is 0 Å². The van der Waals surface area contributed by atoms with Crippen molar-refractivity contribution in [3.8, 4) is 0 Å². The average molecular weight is 315 g/mol. The van der Waals surface area contributed by atoms with Gasteiger partial charge in [-0.05, 0) is 26.3 Å². The predicted octanol–water partition coefficient (Wildman–Crippen LogP) is 2.50. The van der Waals surface area contributed by atoms with Crippen LogP contribution in [0.5, 0.6) is 0 Å². The van der Waals surface area contributed by atoms with Gasteiger partial charge in [0, 0.05) is 52.3 Å². The first-order chi connectivity index (χ1) is 10.1. The maximum absolute atomic E-state index is 6.02. The standard InChI is InChI=1S/C15H27ClN4O/c1-5-17-15(18-8-7-9-21-6-2)20(4)12-14-10-13(16)11-19(14)3/h10-11H,5-9,12H2,1-4H3,(H,17,18). The molecule has 21 heavy (non-hydrogen) atoms. The Morgan fingerprint density at radius 2 is 2.24 bits per heavy atom. The summed E-state index contributed by atoms with van der Waals surface area (Å²) in [6.45, 7) is 7.98. The molecule has 1 heterocycles. The molecule has 0 aliphatic rings. The van der Waals surface area contributed by atoms with E-state index in [0.717, 1.165) is 55.9 Å². The second kappa shape index (κ2) is 9.68. The lowest BCUT2D eigenvalue weighted by Gasteiger charge is -2.22. The van der Waals surface area contributed by atoms with Gasteiger partial charge in [-0.15, -0.1) is 0 Å². The van der Waals surface area contributed by atoms with Gasteiger partial charge >= 0.3 is 0 Å². The van der Waals surface area contributed by atoms with E-state index >= 15 is 0 Å². The smallest absolute Gasteiger partial charge is 0.194 e. The highest BCUT2D eigenvalue weighted by molar-refractivity contribution is 6.30. The van der Waals surface area contributed by atoms with Crippen LogP contribution >= 0.6 is 11.6 Å². The summed E-state index contributed by atoms with van der Waals surface area (Å²) in [4.78, 5) is 6.73. The second-order valence-corrected chi connectivity index (χ2v) is 5.34. The maximum atomic E-state index is 6.02. The number of aryl methyl sites for hydroxylation is 1. The van der Waals surface area contributed by atoms with Crippen LogP contribution < -0.4 is 5.32 Å². The van der Waals surface area contributed by atoms with Crippen molar-refractivity contribution in [3.05, 3.63) is 23.0 Å². The van der Waals surface area contributed by atoms with Crippen LogP contribution in [0.2, 0.25) is 5.02 Å². The van der Waals surface area contributed by atoms with Gasteiger partial charge in [-0.3, -0.25) is 4.99 Å². The monoisotopic (exact) mass is 314 g/mol. The molecule has 1 N–H and O–H groups in total. The molecule has 0 saturated carbocycles. The van der Waals surface area contributed by atoms with Gasteiger partial charge < -0.3 is 19.5 Å². The number of hydrogen-bond acceptors (Lipinski definition) is 2. The van der Waals surface area contributed by atoms with E-state index in [-0.39, 0.29) is 0 Å². The summed E-state index contributed by atoms with van der Waals surface area (Å²) < 4.78 is 7.37. The first-order valence-electron chi connectivity index (χ1n) is 7.46. The number of aromatic nitrogens is 1. The highest BCUT2D eigenvalue weighted by atomic mass is 35.5. The second-order valence-electron chi connectivity index (χ2n) is 4.90. The van der Waals surface area contributed by atoms with Gasteiger partial charge in [-0.2, -0.15) is 0 Å². The number of halogens is 1. The number of ether oxygens (including phenoxy) is 1. The zero-order valence-electron chi connectivity index (χ0n) is 13.5. The molecule has 0 aliphatic heterocycles. The Kier molecular flexibility index (Phi) is 8.23. The van der Waals surface area contributed by atoms with E-state index in [1.54, 1.807) is 0 Å². The molecule has 1 rings (SSSR count). The fourth-order valence-electron chi connectivity index (χ4n) is 2.01.